The summed E-state index contributed by atoms with van der Waals surface area (Å²) in [7, 11) is 1.61. The molecule has 0 radical (unpaired) electrons. The predicted octanol–water partition coefficient (Wildman–Crippen LogP) is 6.36. The van der Waals surface area contributed by atoms with Gasteiger partial charge in [0.1, 0.15) is 5.75 Å². The number of H-pyrrole nitrogens is 1. The minimum atomic E-state index is -0.771. The van der Waals surface area contributed by atoms with E-state index >= 15 is 0 Å². The number of rotatable bonds is 8. The first-order valence-corrected chi connectivity index (χ1v) is 15.8. The number of methoxy groups -OCH3 is 1. The Balaban J connectivity index is 1.34. The number of nitrogens with one attached hydrogen (secondary N) is 2. The fourth-order valence-corrected chi connectivity index (χ4v) is 10.2. The molecule has 5 atom stereocenters. The number of thioether (sulfide) groups is 1. The largest absolute Gasteiger partial charge is 0.496 e. The lowest BCUT2D eigenvalue weighted by molar-refractivity contribution is -0.136. The highest BCUT2D eigenvalue weighted by Gasteiger charge is 2.71. The van der Waals surface area contributed by atoms with E-state index in [2.05, 4.69) is 65.4 Å². The van der Waals surface area contributed by atoms with Crippen LogP contribution in [0.1, 0.15) is 58.6 Å². The number of Topliss-reactive ketones (excluding diaryl/α,β-unsaturated/α-hetero) is 1. The first-order chi connectivity index (χ1) is 20.9. The Morgan fingerprint density at radius 3 is 2.70 bits per heavy atom. The monoisotopic (exact) mass is 589 g/mol. The van der Waals surface area contributed by atoms with Crippen molar-refractivity contribution in [3.05, 3.63) is 125 Å². The number of amides is 1. The van der Waals surface area contributed by atoms with Gasteiger partial charge >= 0.3 is 0 Å². The molecule has 2 aromatic carbocycles. The SMILES string of the molecule is C=C(C(=O)C1CC2(C(=O)NCc3cccnc3)C3CCC(c4ccc(C)cc4)(c4c[nH]cc43)C2S1)c1ccccc1OC. The van der Waals surface area contributed by atoms with Gasteiger partial charge in [0.05, 0.1) is 17.8 Å². The summed E-state index contributed by atoms with van der Waals surface area (Å²) in [5, 5.41) is 2.76. The molecule has 3 heterocycles. The zero-order chi connectivity index (χ0) is 29.8. The fraction of sp³-hybridized carbons (Fsp3) is 0.306. The maximum absolute atomic E-state index is 14.7. The van der Waals surface area contributed by atoms with E-state index in [0.717, 1.165) is 18.4 Å². The summed E-state index contributed by atoms with van der Waals surface area (Å²) in [5.41, 5.74) is 5.76. The molecule has 1 aliphatic heterocycles. The summed E-state index contributed by atoms with van der Waals surface area (Å²) in [5.74, 6) is 0.607. The van der Waals surface area contributed by atoms with E-state index in [1.807, 2.05) is 36.4 Å². The van der Waals surface area contributed by atoms with Crippen LogP contribution in [0.5, 0.6) is 5.75 Å². The van der Waals surface area contributed by atoms with E-state index in [0.29, 0.717) is 29.9 Å². The van der Waals surface area contributed by atoms with Crippen molar-refractivity contribution < 1.29 is 14.3 Å². The average Bonchev–Trinajstić information content (AvgIpc) is 3.72. The number of allylic oxidation sites excluding steroid dienone is 1. The normalized spacial score (nSPS) is 26.8. The summed E-state index contributed by atoms with van der Waals surface area (Å²) in [6.45, 7) is 6.74. The highest BCUT2D eigenvalue weighted by molar-refractivity contribution is 8.01. The van der Waals surface area contributed by atoms with Crippen LogP contribution in [-0.2, 0) is 21.5 Å². The lowest BCUT2D eigenvalue weighted by Crippen LogP contribution is -2.62. The van der Waals surface area contributed by atoms with Crippen LogP contribution in [0.15, 0.2) is 92.0 Å². The highest BCUT2D eigenvalue weighted by atomic mass is 32.2. The van der Waals surface area contributed by atoms with Gasteiger partial charge in [0, 0.05) is 59.1 Å². The van der Waals surface area contributed by atoms with E-state index in [1.54, 1.807) is 31.3 Å². The Bertz CT molecular complexity index is 1720. The topological polar surface area (TPSA) is 84.1 Å². The van der Waals surface area contributed by atoms with Gasteiger partial charge < -0.3 is 15.0 Å². The standard InChI is InChI=1S/C36H35N3O3S/c1-22-10-12-25(13-11-22)35-15-14-28(27-20-38-21-29(27)35)36(34(41)39-19-24-7-6-16-37-18-24)17-31(43-33(35)36)32(40)23(2)26-8-4-5-9-30(26)42-3/h4-13,16,18,20-21,28,31,33,38H,2,14-15,17,19H2,1,3H3,(H,39,41). The number of carbonyl (C=O) groups is 2. The van der Waals surface area contributed by atoms with Crippen molar-refractivity contribution in [1.29, 1.82) is 0 Å². The average molecular weight is 590 g/mol. The van der Waals surface area contributed by atoms with Crippen molar-refractivity contribution in [2.75, 3.05) is 7.11 Å². The quantitative estimate of drug-likeness (QED) is 0.234. The summed E-state index contributed by atoms with van der Waals surface area (Å²) >= 11 is 1.68. The van der Waals surface area contributed by atoms with E-state index in [-0.39, 0.29) is 22.9 Å². The van der Waals surface area contributed by atoms with Crippen molar-refractivity contribution in [3.63, 3.8) is 0 Å². The molecule has 2 bridgehead atoms. The third-order valence-corrected chi connectivity index (χ3v) is 11.8. The molecule has 43 heavy (non-hydrogen) atoms. The number of ketones is 1. The molecule has 1 saturated heterocycles. The van der Waals surface area contributed by atoms with E-state index < -0.39 is 16.1 Å². The maximum atomic E-state index is 14.7. The Morgan fingerprint density at radius 1 is 1.12 bits per heavy atom. The van der Waals surface area contributed by atoms with Crippen LogP contribution in [0.25, 0.3) is 5.57 Å². The number of carbonyl (C=O) groups excluding carboxylic acids is 2. The molecule has 2 fully saturated rings. The van der Waals surface area contributed by atoms with E-state index in [1.165, 1.54) is 22.3 Å². The molecule has 5 unspecified atom stereocenters. The zero-order valence-corrected chi connectivity index (χ0v) is 25.2. The minimum absolute atomic E-state index is 0.00444. The van der Waals surface area contributed by atoms with Gasteiger partial charge in [-0.3, -0.25) is 14.6 Å². The van der Waals surface area contributed by atoms with Gasteiger partial charge in [-0.05, 0) is 60.6 Å². The number of nitrogens with zero attached hydrogens (tertiary/aromatic N) is 1. The summed E-state index contributed by atoms with van der Waals surface area (Å²) in [6.07, 6.45) is 9.99. The molecule has 1 saturated carbocycles. The summed E-state index contributed by atoms with van der Waals surface area (Å²) in [6, 6.07) is 20.1. The fourth-order valence-electron chi connectivity index (χ4n) is 8.05. The first kappa shape index (κ1) is 27.7. The van der Waals surface area contributed by atoms with Gasteiger partial charge in [-0.1, -0.05) is 60.7 Å². The number of aromatic nitrogens is 2. The van der Waals surface area contributed by atoms with Crippen molar-refractivity contribution in [2.45, 2.75) is 54.6 Å². The van der Waals surface area contributed by atoms with Crippen LogP contribution in [0, 0.1) is 12.3 Å². The Morgan fingerprint density at radius 2 is 1.93 bits per heavy atom. The van der Waals surface area contributed by atoms with Crippen LogP contribution >= 0.6 is 11.8 Å². The smallest absolute Gasteiger partial charge is 0.228 e. The van der Waals surface area contributed by atoms with Gasteiger partial charge in [0.15, 0.2) is 5.78 Å². The number of ether oxygens (including phenoxy) is 1. The molecule has 0 spiro atoms. The van der Waals surface area contributed by atoms with Gasteiger partial charge in [-0.15, -0.1) is 11.8 Å². The van der Waals surface area contributed by atoms with E-state index in [9.17, 15) is 9.59 Å². The van der Waals surface area contributed by atoms with Crippen LogP contribution < -0.4 is 10.1 Å². The Kier molecular flexibility index (Phi) is 6.81. The van der Waals surface area contributed by atoms with Gasteiger partial charge in [0.25, 0.3) is 0 Å². The molecule has 2 aromatic heterocycles. The number of benzene rings is 2. The number of pyridine rings is 1. The lowest BCUT2D eigenvalue weighted by Gasteiger charge is -2.59. The molecule has 4 aromatic rings. The van der Waals surface area contributed by atoms with Crippen molar-refractivity contribution in [2.24, 2.45) is 5.41 Å². The van der Waals surface area contributed by atoms with Crippen LogP contribution in [0.2, 0.25) is 0 Å². The number of aryl methyl sites for hydroxylation is 1. The molecule has 1 amide bonds. The molecule has 2 N–H and O–H groups in total. The zero-order valence-electron chi connectivity index (χ0n) is 24.4. The molecule has 218 valence electrons. The Labute approximate surface area is 256 Å². The second-order valence-electron chi connectivity index (χ2n) is 12.1. The molecule has 3 aliphatic carbocycles. The lowest BCUT2D eigenvalue weighted by atomic mass is 9.45. The number of hydrogen-bond acceptors (Lipinski definition) is 5. The molecule has 6 nitrogen and oxygen atoms in total. The third-order valence-electron chi connectivity index (χ3n) is 10.0. The van der Waals surface area contributed by atoms with Crippen LogP contribution in [-0.4, -0.2) is 39.3 Å². The number of fused-ring (bicyclic) bond motifs is 1. The summed E-state index contributed by atoms with van der Waals surface area (Å²) in [4.78, 5) is 36.7. The van der Waals surface area contributed by atoms with Crippen molar-refractivity contribution >= 4 is 29.0 Å². The third kappa shape index (κ3) is 4.12. The van der Waals surface area contributed by atoms with Crippen LogP contribution in [0.4, 0.5) is 0 Å². The molecular weight excluding hydrogens is 554 g/mol. The minimum Gasteiger partial charge on any atom is -0.496 e. The molecule has 7 heteroatoms. The first-order valence-electron chi connectivity index (χ1n) is 14.8. The van der Waals surface area contributed by atoms with E-state index in [4.69, 9.17) is 4.74 Å². The maximum Gasteiger partial charge on any atom is 0.228 e. The van der Waals surface area contributed by atoms with Crippen molar-refractivity contribution in [3.8, 4) is 5.75 Å². The van der Waals surface area contributed by atoms with Gasteiger partial charge in [0.2, 0.25) is 5.91 Å². The molecule has 8 rings (SSSR count). The summed E-state index contributed by atoms with van der Waals surface area (Å²) < 4.78 is 5.57. The molecular formula is C36H35N3O3S. The van der Waals surface area contributed by atoms with Gasteiger partial charge in [-0.25, -0.2) is 0 Å². The number of hydrogen-bond donors (Lipinski definition) is 2. The number of aromatic amines is 1. The molecule has 4 aliphatic rings. The second-order valence-corrected chi connectivity index (χ2v) is 13.4. The van der Waals surface area contributed by atoms with Crippen molar-refractivity contribution in [1.82, 2.24) is 15.3 Å². The Hall–Kier alpha value is -4.10. The number of para-hydroxylation sites is 1. The van der Waals surface area contributed by atoms with Gasteiger partial charge in [-0.2, -0.15) is 0 Å². The van der Waals surface area contributed by atoms with Crippen LogP contribution in [0.3, 0.4) is 0 Å². The highest BCUT2D eigenvalue weighted by Crippen LogP contribution is 2.72. The second kappa shape index (κ2) is 10.6. The predicted molar refractivity (Wildman–Crippen MR) is 170 cm³/mol.